The Labute approximate surface area is 178 Å². The number of hydrogen-bond acceptors (Lipinski definition) is 4. The molecular formula is C22H23ClN3O2S+. The first kappa shape index (κ1) is 21.3. The van der Waals surface area contributed by atoms with Gasteiger partial charge in [0.25, 0.3) is 6.34 Å². The lowest BCUT2D eigenvalue weighted by Gasteiger charge is -2.06. The first-order chi connectivity index (χ1) is 13.9. The van der Waals surface area contributed by atoms with Crippen molar-refractivity contribution in [2.45, 2.75) is 26.7 Å². The number of carbonyl (C=O) groups is 1. The second-order valence-corrected chi connectivity index (χ2v) is 8.68. The van der Waals surface area contributed by atoms with Crippen molar-refractivity contribution < 1.29 is 13.6 Å². The summed E-state index contributed by atoms with van der Waals surface area (Å²) in [5.74, 6) is 0.157. The molecule has 0 spiro atoms. The van der Waals surface area contributed by atoms with Gasteiger partial charge >= 0.3 is 0 Å². The van der Waals surface area contributed by atoms with Gasteiger partial charge in [0.05, 0.1) is 11.2 Å². The van der Waals surface area contributed by atoms with Crippen LogP contribution < -0.4 is 0 Å². The molecule has 1 aliphatic rings. The predicted octanol–water partition coefficient (Wildman–Crippen LogP) is 5.05. The Balaban J connectivity index is 1.77. The van der Waals surface area contributed by atoms with Crippen molar-refractivity contribution in [1.29, 1.82) is 0 Å². The number of benzene rings is 1. The lowest BCUT2D eigenvalue weighted by Crippen LogP contribution is -2.12. The summed E-state index contributed by atoms with van der Waals surface area (Å²) in [6.07, 6.45) is 7.97. The largest absolute Gasteiger partial charge is 0.292 e. The van der Waals surface area contributed by atoms with Gasteiger partial charge in [-0.25, -0.2) is 4.98 Å². The Kier molecular flexibility index (Phi) is 6.87. The van der Waals surface area contributed by atoms with Crippen molar-refractivity contribution in [2.24, 2.45) is 10.9 Å². The molecule has 1 aromatic carbocycles. The molecule has 1 unspecified atom stereocenters. The summed E-state index contributed by atoms with van der Waals surface area (Å²) in [6.45, 7) is 3.97. The minimum Gasteiger partial charge on any atom is -0.292 e. The fraction of sp³-hybridized carbons (Fsp3) is 0.273. The van der Waals surface area contributed by atoms with E-state index in [4.69, 9.17) is 11.6 Å². The third-order valence-electron chi connectivity index (χ3n) is 4.77. The summed E-state index contributed by atoms with van der Waals surface area (Å²) in [5.41, 5.74) is 3.80. The summed E-state index contributed by atoms with van der Waals surface area (Å²) in [6, 6.07) is 9.37. The van der Waals surface area contributed by atoms with Gasteiger partial charge in [-0.1, -0.05) is 36.7 Å². The summed E-state index contributed by atoms with van der Waals surface area (Å²) in [7, 11) is -0.968. The van der Waals surface area contributed by atoms with Crippen molar-refractivity contribution in [2.75, 3.05) is 6.26 Å². The number of aromatic nitrogens is 1. The minimum absolute atomic E-state index is 0.0221. The summed E-state index contributed by atoms with van der Waals surface area (Å²) in [4.78, 5) is 21.3. The molecule has 2 heterocycles. The second-order valence-electron chi connectivity index (χ2n) is 7.00. The highest BCUT2D eigenvalue weighted by atomic mass is 35.5. The number of fused-ring (bicyclic) bond motifs is 1. The topological polar surface area (TPSA) is 62.4 Å². The standard InChI is InChI=1S/C22H23ClN3O2S/c1-15(10-11-29(3)28)8-9-22(27)20-12-19-21(13-24-20)26(14-25-19)16(2)17-6-4-5-7-18(17)23/h4-7,10-15H,8-9H2,1-3H3/q+1/b11-10+,26-16?/t15-,29?/m0/s1. The number of carbonyl (C=O) groups excluding carboxylic acids is 1. The number of ketones is 1. The van der Waals surface area contributed by atoms with Gasteiger partial charge < -0.3 is 0 Å². The Hall–Kier alpha value is -2.44. The molecule has 1 aliphatic heterocycles. The Morgan fingerprint density at radius 2 is 2.10 bits per heavy atom. The molecule has 29 heavy (non-hydrogen) atoms. The molecule has 2 aromatic rings. The Morgan fingerprint density at radius 3 is 2.83 bits per heavy atom. The molecule has 0 fully saturated rings. The number of pyridine rings is 1. The van der Waals surface area contributed by atoms with E-state index in [1.54, 1.807) is 30.3 Å². The highest BCUT2D eigenvalue weighted by molar-refractivity contribution is 7.87. The molecule has 0 N–H and O–H groups in total. The average Bonchev–Trinajstić information content (AvgIpc) is 3.13. The van der Waals surface area contributed by atoms with Crippen molar-refractivity contribution >= 4 is 51.6 Å². The lowest BCUT2D eigenvalue weighted by molar-refractivity contribution is -0.289. The normalized spacial score (nSPS) is 16.7. The van der Waals surface area contributed by atoms with Crippen LogP contribution in [0.15, 0.2) is 53.0 Å². The van der Waals surface area contributed by atoms with Crippen LogP contribution >= 0.6 is 11.6 Å². The van der Waals surface area contributed by atoms with Crippen LogP contribution in [0.25, 0.3) is 0 Å². The van der Waals surface area contributed by atoms with Crippen LogP contribution in [0.4, 0.5) is 11.4 Å². The number of nitrogens with zero attached hydrogens (tertiary/aromatic N) is 3. The molecule has 0 radical (unpaired) electrons. The zero-order chi connectivity index (χ0) is 21.0. The SMILES string of the molecule is CC(c1ccccc1Cl)=[N+]1C=Nc2cc(C(=O)CC[C@H](C)/C=C/S(C)=O)ncc21. The van der Waals surface area contributed by atoms with Crippen LogP contribution in [0.5, 0.6) is 0 Å². The molecule has 150 valence electrons. The zero-order valence-electron chi connectivity index (χ0n) is 16.6. The monoisotopic (exact) mass is 428 g/mol. The van der Waals surface area contributed by atoms with Crippen molar-refractivity contribution in [3.63, 3.8) is 0 Å². The second kappa shape index (κ2) is 9.37. The molecule has 5 nitrogen and oxygen atoms in total. The zero-order valence-corrected chi connectivity index (χ0v) is 18.2. The van der Waals surface area contributed by atoms with Crippen molar-refractivity contribution in [1.82, 2.24) is 4.98 Å². The van der Waals surface area contributed by atoms with Gasteiger partial charge in [-0.2, -0.15) is 4.58 Å². The van der Waals surface area contributed by atoms with Crippen LogP contribution in [-0.2, 0) is 10.8 Å². The van der Waals surface area contributed by atoms with Gasteiger partial charge in [-0.05, 0) is 41.8 Å². The van der Waals surface area contributed by atoms with Gasteiger partial charge in [0.2, 0.25) is 11.4 Å². The minimum atomic E-state index is -0.968. The van der Waals surface area contributed by atoms with E-state index in [0.717, 1.165) is 17.0 Å². The third-order valence-corrected chi connectivity index (χ3v) is 5.64. The molecule has 0 saturated heterocycles. The fourth-order valence-corrected chi connectivity index (χ4v) is 3.80. The number of hydrogen-bond donors (Lipinski definition) is 0. The molecule has 0 saturated carbocycles. The molecule has 0 amide bonds. The maximum atomic E-state index is 12.5. The van der Waals surface area contributed by atoms with E-state index in [2.05, 4.69) is 9.98 Å². The number of rotatable bonds is 7. The maximum Gasteiger partial charge on any atom is 0.292 e. The average molecular weight is 429 g/mol. The van der Waals surface area contributed by atoms with Crippen LogP contribution in [0, 0.1) is 5.92 Å². The first-order valence-electron chi connectivity index (χ1n) is 9.32. The number of halogens is 1. The smallest absolute Gasteiger partial charge is 0.292 e. The van der Waals surface area contributed by atoms with E-state index in [0.29, 0.717) is 29.2 Å². The van der Waals surface area contributed by atoms with E-state index >= 15 is 0 Å². The van der Waals surface area contributed by atoms with Gasteiger partial charge in [0.15, 0.2) is 5.78 Å². The van der Waals surface area contributed by atoms with Crippen LogP contribution in [0.1, 0.15) is 42.7 Å². The van der Waals surface area contributed by atoms with Crippen LogP contribution in [0.3, 0.4) is 0 Å². The molecule has 0 bridgehead atoms. The molecule has 1 aromatic heterocycles. The predicted molar refractivity (Wildman–Crippen MR) is 119 cm³/mol. The van der Waals surface area contributed by atoms with Gasteiger partial charge in [-0.15, -0.1) is 0 Å². The van der Waals surface area contributed by atoms with Crippen LogP contribution in [0.2, 0.25) is 5.02 Å². The quantitative estimate of drug-likeness (QED) is 0.457. The summed E-state index contributed by atoms with van der Waals surface area (Å²) in [5, 5.41) is 2.32. The molecule has 0 aliphatic carbocycles. The number of allylic oxidation sites excluding steroid dienone is 1. The van der Waals surface area contributed by atoms with Gasteiger partial charge in [-0.3, -0.25) is 9.00 Å². The van der Waals surface area contributed by atoms with Crippen molar-refractivity contribution in [3.8, 4) is 0 Å². The highest BCUT2D eigenvalue weighted by Crippen LogP contribution is 2.32. The maximum absolute atomic E-state index is 12.5. The summed E-state index contributed by atoms with van der Waals surface area (Å²) < 4.78 is 13.0. The van der Waals surface area contributed by atoms with Crippen molar-refractivity contribution in [3.05, 3.63) is 64.3 Å². The van der Waals surface area contributed by atoms with E-state index in [9.17, 15) is 9.00 Å². The van der Waals surface area contributed by atoms with Gasteiger partial charge in [0, 0.05) is 35.1 Å². The number of Topliss-reactive ketones (excluding diaryl/α,β-unsaturated/α-hetero) is 1. The molecule has 3 rings (SSSR count). The first-order valence-corrected chi connectivity index (χ1v) is 11.3. The Morgan fingerprint density at radius 1 is 1.34 bits per heavy atom. The highest BCUT2D eigenvalue weighted by Gasteiger charge is 2.26. The van der Waals surface area contributed by atoms with Gasteiger partial charge in [0.1, 0.15) is 11.4 Å². The number of aliphatic imine (C=N–C) groups is 1. The van der Waals surface area contributed by atoms with E-state index in [-0.39, 0.29) is 11.7 Å². The van der Waals surface area contributed by atoms with E-state index < -0.39 is 10.8 Å². The lowest BCUT2D eigenvalue weighted by atomic mass is 10.0. The van der Waals surface area contributed by atoms with E-state index in [1.165, 1.54) is 0 Å². The summed E-state index contributed by atoms with van der Waals surface area (Å²) >= 11 is 6.32. The third kappa shape index (κ3) is 5.14. The molecular weight excluding hydrogens is 406 g/mol. The van der Waals surface area contributed by atoms with Crippen LogP contribution in [-0.4, -0.2) is 37.9 Å². The fourth-order valence-electron chi connectivity index (χ4n) is 3.04. The molecule has 7 heteroatoms. The molecule has 2 atom stereocenters. The Bertz CT molecular complexity index is 1060. The van der Waals surface area contributed by atoms with E-state index in [1.807, 2.05) is 48.8 Å².